The molecule has 0 rings (SSSR count). The van der Waals surface area contributed by atoms with Gasteiger partial charge in [-0.05, 0) is 20.3 Å². The molecule has 5 unspecified atom stereocenters. The number of aliphatic hydroxyl groups excluding tert-OH is 2. The van der Waals surface area contributed by atoms with Gasteiger partial charge in [0.05, 0.1) is 18.8 Å². The molecule has 0 heterocycles. The third kappa shape index (κ3) is 8.75. The second-order valence-electron chi connectivity index (χ2n) is 6.16. The number of amides is 4. The number of aliphatic hydroxyl groups is 2. The number of carboxylic acids is 1. The minimum Gasteiger partial charge on any atom is -0.480 e. The van der Waals surface area contributed by atoms with E-state index in [1.807, 2.05) is 5.32 Å². The molecule has 4 amide bonds. The predicted octanol–water partition coefficient (Wildman–Crippen LogP) is -4.49. The first-order valence-corrected chi connectivity index (χ1v) is 8.37. The van der Waals surface area contributed by atoms with E-state index in [2.05, 4.69) is 10.6 Å². The van der Waals surface area contributed by atoms with Crippen molar-refractivity contribution >= 4 is 29.6 Å². The standard InChI is InChI=1S/C15H27N5O8/c1-6(16)12(24)19-9(5-21)14(26)18-8(3-4-10(17)23)13(25)20-11(7(2)22)15(27)28/h6-9,11,21-22H,3-5,16H2,1-2H3,(H2,17,23)(H,18,26)(H,19,24)(H,20,25)(H,27,28). The molecule has 0 aliphatic rings. The minimum absolute atomic E-state index is 0.279. The van der Waals surface area contributed by atoms with Crippen LogP contribution in [0.25, 0.3) is 0 Å². The Bertz CT molecular complexity index is 595. The molecule has 0 bridgehead atoms. The number of carboxylic acid groups (broad SMARTS) is 1. The van der Waals surface area contributed by atoms with Gasteiger partial charge in [0.25, 0.3) is 0 Å². The van der Waals surface area contributed by atoms with Crippen LogP contribution in [0.1, 0.15) is 26.7 Å². The summed E-state index contributed by atoms with van der Waals surface area (Å²) >= 11 is 0. The summed E-state index contributed by atoms with van der Waals surface area (Å²) in [5.41, 5.74) is 10.4. The van der Waals surface area contributed by atoms with Crippen molar-refractivity contribution in [1.82, 2.24) is 16.0 Å². The van der Waals surface area contributed by atoms with Crippen molar-refractivity contribution in [3.05, 3.63) is 0 Å². The highest BCUT2D eigenvalue weighted by atomic mass is 16.4. The summed E-state index contributed by atoms with van der Waals surface area (Å²) in [6, 6.07) is -5.47. The Morgan fingerprint density at radius 1 is 0.929 bits per heavy atom. The second-order valence-corrected chi connectivity index (χ2v) is 6.16. The zero-order valence-electron chi connectivity index (χ0n) is 15.5. The van der Waals surface area contributed by atoms with Gasteiger partial charge in [0.1, 0.15) is 12.1 Å². The maximum absolute atomic E-state index is 12.3. The topological polar surface area (TPSA) is 234 Å². The van der Waals surface area contributed by atoms with Crippen LogP contribution >= 0.6 is 0 Å². The SMILES string of the molecule is CC(N)C(=O)NC(CO)C(=O)NC(CCC(N)=O)C(=O)NC(C(=O)O)C(C)O. The zero-order valence-corrected chi connectivity index (χ0v) is 15.5. The van der Waals surface area contributed by atoms with E-state index in [1.54, 1.807) is 0 Å². The van der Waals surface area contributed by atoms with Crippen molar-refractivity contribution in [3.63, 3.8) is 0 Å². The van der Waals surface area contributed by atoms with Gasteiger partial charge >= 0.3 is 5.97 Å². The summed E-state index contributed by atoms with van der Waals surface area (Å²) < 4.78 is 0. The monoisotopic (exact) mass is 405 g/mol. The maximum Gasteiger partial charge on any atom is 0.328 e. The molecule has 0 aromatic rings. The van der Waals surface area contributed by atoms with Crippen LogP contribution in [0, 0.1) is 0 Å². The van der Waals surface area contributed by atoms with Crippen molar-refractivity contribution < 1.29 is 39.3 Å². The molecule has 5 atom stereocenters. The molecule has 0 radical (unpaired) electrons. The molecule has 0 aliphatic carbocycles. The van der Waals surface area contributed by atoms with Gasteiger partial charge in [0.2, 0.25) is 23.6 Å². The van der Waals surface area contributed by atoms with Gasteiger partial charge < -0.3 is 42.7 Å². The number of carbonyl (C=O) groups excluding carboxylic acids is 4. The van der Waals surface area contributed by atoms with Crippen molar-refractivity contribution in [2.45, 2.75) is 57.0 Å². The summed E-state index contributed by atoms with van der Waals surface area (Å²) in [6.07, 6.45) is -2.04. The Morgan fingerprint density at radius 2 is 1.43 bits per heavy atom. The number of rotatable bonds is 12. The lowest BCUT2D eigenvalue weighted by Crippen LogP contribution is -2.59. The summed E-state index contributed by atoms with van der Waals surface area (Å²) in [5.74, 6) is -4.99. The Hall–Kier alpha value is -2.77. The third-order valence-electron chi connectivity index (χ3n) is 3.59. The van der Waals surface area contributed by atoms with Crippen molar-refractivity contribution in [2.75, 3.05) is 6.61 Å². The summed E-state index contributed by atoms with van der Waals surface area (Å²) in [7, 11) is 0. The lowest BCUT2D eigenvalue weighted by atomic mass is 10.1. The van der Waals surface area contributed by atoms with Gasteiger partial charge in [0.15, 0.2) is 6.04 Å². The largest absolute Gasteiger partial charge is 0.480 e. The first-order chi connectivity index (χ1) is 12.9. The fourth-order valence-electron chi connectivity index (χ4n) is 1.97. The maximum atomic E-state index is 12.3. The van der Waals surface area contributed by atoms with E-state index in [0.717, 1.165) is 6.92 Å². The molecule has 0 aliphatic heterocycles. The summed E-state index contributed by atoms with van der Waals surface area (Å²) in [4.78, 5) is 58.3. The van der Waals surface area contributed by atoms with Crippen LogP contribution in [0.3, 0.4) is 0 Å². The average Bonchev–Trinajstić information content (AvgIpc) is 2.59. The van der Waals surface area contributed by atoms with Gasteiger partial charge in [-0.15, -0.1) is 0 Å². The van der Waals surface area contributed by atoms with Crippen molar-refractivity contribution in [3.8, 4) is 0 Å². The molecule has 0 spiro atoms. The molecule has 0 aromatic carbocycles. The Labute approximate surface area is 160 Å². The number of aliphatic carboxylic acids is 1. The summed E-state index contributed by atoms with van der Waals surface area (Å²) in [5, 5.41) is 34.2. The highest BCUT2D eigenvalue weighted by Gasteiger charge is 2.31. The van der Waals surface area contributed by atoms with Crippen LogP contribution in [0.5, 0.6) is 0 Å². The quantitative estimate of drug-likeness (QED) is 0.156. The predicted molar refractivity (Wildman–Crippen MR) is 94.3 cm³/mol. The van der Waals surface area contributed by atoms with E-state index in [0.29, 0.717) is 0 Å². The van der Waals surface area contributed by atoms with E-state index >= 15 is 0 Å². The molecule has 0 saturated carbocycles. The van der Waals surface area contributed by atoms with Crippen LogP contribution in [0.15, 0.2) is 0 Å². The van der Waals surface area contributed by atoms with Crippen molar-refractivity contribution in [1.29, 1.82) is 0 Å². The van der Waals surface area contributed by atoms with E-state index in [1.165, 1.54) is 6.92 Å². The molecule has 160 valence electrons. The highest BCUT2D eigenvalue weighted by Crippen LogP contribution is 2.02. The Balaban J connectivity index is 5.29. The number of hydrogen-bond acceptors (Lipinski definition) is 8. The zero-order chi connectivity index (χ0) is 22.0. The molecule has 10 N–H and O–H groups in total. The molecule has 13 nitrogen and oxygen atoms in total. The highest BCUT2D eigenvalue weighted by molar-refractivity contribution is 5.94. The fourth-order valence-corrected chi connectivity index (χ4v) is 1.97. The van der Waals surface area contributed by atoms with Gasteiger partial charge in [0, 0.05) is 6.42 Å². The van der Waals surface area contributed by atoms with Crippen LogP contribution in [0.4, 0.5) is 0 Å². The average molecular weight is 405 g/mol. The molecular formula is C15H27N5O8. The first kappa shape index (κ1) is 25.2. The van der Waals surface area contributed by atoms with E-state index in [9.17, 15) is 34.2 Å². The fraction of sp³-hybridized carbons (Fsp3) is 0.667. The van der Waals surface area contributed by atoms with Crippen LogP contribution in [0.2, 0.25) is 0 Å². The van der Waals surface area contributed by atoms with Crippen molar-refractivity contribution in [2.24, 2.45) is 11.5 Å². The van der Waals surface area contributed by atoms with E-state index < -0.39 is 66.5 Å². The molecule has 0 fully saturated rings. The van der Waals surface area contributed by atoms with E-state index in [4.69, 9.17) is 16.6 Å². The van der Waals surface area contributed by atoms with Gasteiger partial charge in [-0.1, -0.05) is 0 Å². The summed E-state index contributed by atoms with van der Waals surface area (Å²) in [6.45, 7) is 1.69. The molecule has 0 saturated heterocycles. The minimum atomic E-state index is -1.66. The smallest absolute Gasteiger partial charge is 0.328 e. The normalized spacial score (nSPS) is 16.0. The number of primary amides is 1. The number of nitrogens with two attached hydrogens (primary N) is 2. The number of nitrogens with one attached hydrogen (secondary N) is 3. The van der Waals surface area contributed by atoms with Gasteiger partial charge in [-0.2, -0.15) is 0 Å². The van der Waals surface area contributed by atoms with Gasteiger partial charge in [-0.3, -0.25) is 19.2 Å². The Morgan fingerprint density at radius 3 is 1.82 bits per heavy atom. The lowest BCUT2D eigenvalue weighted by Gasteiger charge is -2.24. The molecule has 28 heavy (non-hydrogen) atoms. The second kappa shape index (κ2) is 11.8. The number of hydrogen-bond donors (Lipinski definition) is 8. The lowest BCUT2D eigenvalue weighted by molar-refractivity contribution is -0.145. The van der Waals surface area contributed by atoms with Crippen LogP contribution < -0.4 is 27.4 Å². The third-order valence-corrected chi connectivity index (χ3v) is 3.59. The van der Waals surface area contributed by atoms with E-state index in [-0.39, 0.29) is 12.8 Å². The molecule has 13 heteroatoms. The molecule has 0 aromatic heterocycles. The number of carbonyl (C=O) groups is 5. The van der Waals surface area contributed by atoms with Crippen LogP contribution in [-0.4, -0.2) is 81.8 Å². The first-order valence-electron chi connectivity index (χ1n) is 8.37. The van der Waals surface area contributed by atoms with Gasteiger partial charge in [-0.25, -0.2) is 4.79 Å². The Kier molecular flexibility index (Phi) is 10.7. The molecular weight excluding hydrogens is 378 g/mol. The van der Waals surface area contributed by atoms with Crippen LogP contribution in [-0.2, 0) is 24.0 Å².